The first-order valence-corrected chi connectivity index (χ1v) is 6.88. The Morgan fingerprint density at radius 1 is 1.52 bits per heavy atom. The SMILES string of the molecule is CN(C)[C@@]1(n2cnc3c(=O)[nH]c(N)nc32)O[C@H](CO)[C@@H](O)[C@H]1O. The van der Waals surface area contributed by atoms with Gasteiger partial charge in [-0.1, -0.05) is 0 Å². The van der Waals surface area contributed by atoms with Crippen molar-refractivity contribution in [3.8, 4) is 0 Å². The van der Waals surface area contributed by atoms with Crippen LogP contribution >= 0.6 is 0 Å². The molecule has 0 radical (unpaired) electrons. The smallest absolute Gasteiger partial charge is 0.280 e. The lowest BCUT2D eigenvalue weighted by Crippen LogP contribution is -2.55. The molecule has 0 saturated carbocycles. The number of hydrogen-bond donors (Lipinski definition) is 5. The van der Waals surface area contributed by atoms with E-state index < -0.39 is 36.3 Å². The normalized spacial score (nSPS) is 31.3. The number of nitrogens with two attached hydrogens (primary N) is 1. The van der Waals surface area contributed by atoms with E-state index in [9.17, 15) is 20.1 Å². The maximum atomic E-state index is 11.9. The lowest BCUT2D eigenvalue weighted by atomic mass is 10.1. The van der Waals surface area contributed by atoms with Gasteiger partial charge in [-0.15, -0.1) is 0 Å². The number of imidazole rings is 1. The molecule has 1 aliphatic rings. The monoisotopic (exact) mass is 326 g/mol. The molecule has 1 aliphatic heterocycles. The summed E-state index contributed by atoms with van der Waals surface area (Å²) in [7, 11) is 3.22. The topological polar surface area (TPSA) is 163 Å². The lowest BCUT2D eigenvalue weighted by molar-refractivity contribution is -0.226. The average molecular weight is 326 g/mol. The number of fused-ring (bicyclic) bond motifs is 1. The van der Waals surface area contributed by atoms with Crippen molar-refractivity contribution in [3.63, 3.8) is 0 Å². The molecule has 1 saturated heterocycles. The van der Waals surface area contributed by atoms with Crippen LogP contribution in [0.2, 0.25) is 0 Å². The Hall–Kier alpha value is -2.05. The molecular formula is C12H18N6O5. The third-order valence-corrected chi connectivity index (χ3v) is 4.01. The highest BCUT2D eigenvalue weighted by atomic mass is 16.6. The maximum Gasteiger partial charge on any atom is 0.280 e. The van der Waals surface area contributed by atoms with Gasteiger partial charge in [0.05, 0.1) is 6.61 Å². The van der Waals surface area contributed by atoms with Crippen LogP contribution in [0, 0.1) is 0 Å². The molecule has 3 heterocycles. The van der Waals surface area contributed by atoms with Crippen LogP contribution in [0.1, 0.15) is 0 Å². The van der Waals surface area contributed by atoms with Gasteiger partial charge < -0.3 is 25.8 Å². The Morgan fingerprint density at radius 2 is 2.22 bits per heavy atom. The fraction of sp³-hybridized carbons (Fsp3) is 0.583. The third kappa shape index (κ3) is 2.05. The van der Waals surface area contributed by atoms with Crippen molar-refractivity contribution in [2.24, 2.45) is 0 Å². The maximum absolute atomic E-state index is 11.9. The first-order valence-electron chi connectivity index (χ1n) is 6.88. The summed E-state index contributed by atoms with van der Waals surface area (Å²) in [6.07, 6.45) is -2.50. The molecule has 11 nitrogen and oxygen atoms in total. The number of likely N-dealkylation sites (N-methyl/N-ethyl adjacent to an activating group) is 1. The van der Waals surface area contributed by atoms with Crippen LogP contribution in [0.4, 0.5) is 5.95 Å². The predicted octanol–water partition coefficient (Wildman–Crippen LogP) is -3.01. The number of rotatable bonds is 3. The third-order valence-electron chi connectivity index (χ3n) is 4.01. The second-order valence-corrected chi connectivity index (χ2v) is 5.57. The highest BCUT2D eigenvalue weighted by molar-refractivity contribution is 5.70. The summed E-state index contributed by atoms with van der Waals surface area (Å²) in [5.41, 5.74) is 5.14. The van der Waals surface area contributed by atoms with E-state index in [-0.39, 0.29) is 17.1 Å². The number of aromatic nitrogens is 4. The molecule has 2 aromatic rings. The van der Waals surface area contributed by atoms with Crippen LogP contribution in [-0.4, -0.2) is 78.8 Å². The van der Waals surface area contributed by atoms with E-state index >= 15 is 0 Å². The molecule has 126 valence electrons. The van der Waals surface area contributed by atoms with Crippen molar-refractivity contribution < 1.29 is 20.1 Å². The summed E-state index contributed by atoms with van der Waals surface area (Å²) in [5, 5.41) is 30.0. The number of nitrogens with zero attached hydrogens (tertiary/aromatic N) is 4. The number of aromatic amines is 1. The predicted molar refractivity (Wildman–Crippen MR) is 78.2 cm³/mol. The molecule has 2 aromatic heterocycles. The molecule has 0 spiro atoms. The van der Waals surface area contributed by atoms with Crippen LogP contribution in [0.3, 0.4) is 0 Å². The highest BCUT2D eigenvalue weighted by Gasteiger charge is 2.57. The number of ether oxygens (including phenoxy) is 1. The number of aliphatic hydroxyl groups is 3. The molecule has 0 aromatic carbocycles. The summed E-state index contributed by atoms with van der Waals surface area (Å²) in [4.78, 5) is 23.8. The van der Waals surface area contributed by atoms with E-state index in [1.54, 1.807) is 14.1 Å². The fourth-order valence-corrected chi connectivity index (χ4v) is 2.88. The average Bonchev–Trinajstić information content (AvgIpc) is 3.01. The number of anilines is 1. The summed E-state index contributed by atoms with van der Waals surface area (Å²) in [6, 6.07) is 0. The van der Waals surface area contributed by atoms with Gasteiger partial charge in [-0.05, 0) is 14.1 Å². The van der Waals surface area contributed by atoms with Crippen molar-refractivity contribution in [1.82, 2.24) is 24.4 Å². The van der Waals surface area contributed by atoms with Crippen LogP contribution in [0.5, 0.6) is 0 Å². The largest absolute Gasteiger partial charge is 0.394 e. The molecule has 0 unspecified atom stereocenters. The van der Waals surface area contributed by atoms with E-state index in [0.29, 0.717) is 0 Å². The minimum Gasteiger partial charge on any atom is -0.394 e. The van der Waals surface area contributed by atoms with Gasteiger partial charge >= 0.3 is 0 Å². The van der Waals surface area contributed by atoms with Crippen LogP contribution < -0.4 is 11.3 Å². The van der Waals surface area contributed by atoms with E-state index in [1.807, 2.05) is 0 Å². The quantitative estimate of drug-likeness (QED) is 0.395. The molecule has 11 heteroatoms. The Balaban J connectivity index is 2.27. The molecule has 0 amide bonds. The Morgan fingerprint density at radius 3 is 2.78 bits per heavy atom. The van der Waals surface area contributed by atoms with E-state index in [2.05, 4.69) is 15.0 Å². The molecule has 0 aliphatic carbocycles. The molecule has 3 rings (SSSR count). The zero-order valence-corrected chi connectivity index (χ0v) is 12.5. The Labute approximate surface area is 129 Å². The van der Waals surface area contributed by atoms with E-state index in [4.69, 9.17) is 10.5 Å². The fourth-order valence-electron chi connectivity index (χ4n) is 2.88. The first kappa shape index (κ1) is 15.8. The van der Waals surface area contributed by atoms with Crippen molar-refractivity contribution in [1.29, 1.82) is 0 Å². The zero-order valence-electron chi connectivity index (χ0n) is 12.5. The number of H-pyrrole nitrogens is 1. The van der Waals surface area contributed by atoms with Crippen LogP contribution in [-0.2, 0) is 10.6 Å². The van der Waals surface area contributed by atoms with Gasteiger partial charge in [0.1, 0.15) is 24.6 Å². The van der Waals surface area contributed by atoms with Crippen LogP contribution in [0.25, 0.3) is 11.2 Å². The lowest BCUT2D eigenvalue weighted by Gasteiger charge is -2.39. The Bertz CT molecular complexity index is 788. The van der Waals surface area contributed by atoms with Gasteiger partial charge in [0.2, 0.25) is 11.8 Å². The molecule has 0 bridgehead atoms. The van der Waals surface area contributed by atoms with Gasteiger partial charge in [-0.3, -0.25) is 19.2 Å². The van der Waals surface area contributed by atoms with Crippen molar-refractivity contribution in [3.05, 3.63) is 16.7 Å². The number of aliphatic hydroxyl groups excluding tert-OH is 3. The summed E-state index contributed by atoms with van der Waals surface area (Å²) in [6.45, 7) is -0.489. The molecule has 4 atom stereocenters. The van der Waals surface area contributed by atoms with Crippen LogP contribution in [0.15, 0.2) is 11.1 Å². The standard InChI is InChI=1S/C12H18N6O5/c1-17(2)12(8(21)7(20)5(3-19)23-12)18-4-14-6-9(18)15-11(13)16-10(6)22/h4-5,7-8,19-21H,3H2,1-2H3,(H3,13,15,16,22)/t5-,7-,8-,12+/m1/s1. The number of nitrogen functional groups attached to an aromatic ring is 1. The molecule has 6 N–H and O–H groups in total. The van der Waals surface area contributed by atoms with Gasteiger partial charge in [0.25, 0.3) is 5.56 Å². The second kappa shape index (κ2) is 5.25. The summed E-state index contributed by atoms with van der Waals surface area (Å²) in [5.74, 6) is -1.72. The van der Waals surface area contributed by atoms with Gasteiger partial charge in [0, 0.05) is 0 Å². The number of hydrogen-bond acceptors (Lipinski definition) is 9. The summed E-state index contributed by atoms with van der Waals surface area (Å²) >= 11 is 0. The highest BCUT2D eigenvalue weighted by Crippen LogP contribution is 2.38. The minimum atomic E-state index is -1.60. The summed E-state index contributed by atoms with van der Waals surface area (Å²) < 4.78 is 7.04. The number of nitrogens with one attached hydrogen (secondary N) is 1. The zero-order chi connectivity index (χ0) is 16.9. The van der Waals surface area contributed by atoms with Gasteiger partial charge in [-0.2, -0.15) is 4.98 Å². The first-order chi connectivity index (χ1) is 10.8. The Kier molecular flexibility index (Phi) is 3.61. The van der Waals surface area contributed by atoms with Gasteiger partial charge in [-0.25, -0.2) is 4.98 Å². The van der Waals surface area contributed by atoms with Crippen molar-refractivity contribution in [2.75, 3.05) is 26.4 Å². The van der Waals surface area contributed by atoms with E-state index in [0.717, 1.165) is 0 Å². The van der Waals surface area contributed by atoms with Gasteiger partial charge in [0.15, 0.2) is 11.2 Å². The minimum absolute atomic E-state index is 0.0122. The van der Waals surface area contributed by atoms with E-state index in [1.165, 1.54) is 15.8 Å². The molecular weight excluding hydrogens is 308 g/mol. The molecule has 1 fully saturated rings. The van der Waals surface area contributed by atoms with Crippen molar-refractivity contribution >= 4 is 17.1 Å². The van der Waals surface area contributed by atoms with Crippen molar-refractivity contribution in [2.45, 2.75) is 24.2 Å². The molecule has 23 heavy (non-hydrogen) atoms. The second-order valence-electron chi connectivity index (χ2n) is 5.57.